The molecule has 6 rings (SSSR count). The number of amides is 1. The van der Waals surface area contributed by atoms with Crippen LogP contribution in [-0.4, -0.2) is 58.3 Å². The van der Waals surface area contributed by atoms with E-state index in [1.807, 2.05) is 29.6 Å². The molecular weight excluding hydrogens is 553 g/mol. The number of fused-ring (bicyclic) bond motifs is 2. The molecule has 2 aromatic carbocycles. The lowest BCUT2D eigenvalue weighted by atomic mass is 10.1. The van der Waals surface area contributed by atoms with Crippen molar-refractivity contribution in [3.63, 3.8) is 0 Å². The van der Waals surface area contributed by atoms with Gasteiger partial charge in [0.25, 0.3) is 5.91 Å². The van der Waals surface area contributed by atoms with Crippen molar-refractivity contribution >= 4 is 44.5 Å². The van der Waals surface area contributed by atoms with E-state index >= 15 is 0 Å². The van der Waals surface area contributed by atoms with Crippen LogP contribution in [0.15, 0.2) is 58.5 Å². The fourth-order valence-corrected chi connectivity index (χ4v) is 5.96. The van der Waals surface area contributed by atoms with Crippen LogP contribution in [0.2, 0.25) is 0 Å². The smallest absolute Gasteiger partial charge is 0.254 e. The Morgan fingerprint density at radius 2 is 2.05 bits per heavy atom. The molecule has 0 bridgehead atoms. The molecule has 6 aromatic rings. The van der Waals surface area contributed by atoms with Crippen LogP contribution >= 0.6 is 22.7 Å². The van der Waals surface area contributed by atoms with Crippen LogP contribution in [0.5, 0.6) is 11.5 Å². The summed E-state index contributed by atoms with van der Waals surface area (Å²) < 4.78 is 32.4. The molecule has 0 radical (unpaired) electrons. The van der Waals surface area contributed by atoms with Gasteiger partial charge in [-0.1, -0.05) is 29.5 Å². The number of alkyl halides is 1. The number of hydrogen-bond donors (Lipinski definition) is 0. The van der Waals surface area contributed by atoms with Gasteiger partial charge in [0.15, 0.2) is 5.76 Å². The number of hydrogen-bond acceptors (Lipinski definition) is 9. The van der Waals surface area contributed by atoms with Crippen LogP contribution in [0, 0.1) is 0 Å². The number of ether oxygens (including phenoxy) is 2. The lowest BCUT2D eigenvalue weighted by Crippen LogP contribution is -2.22. The van der Waals surface area contributed by atoms with Crippen molar-refractivity contribution in [1.82, 2.24) is 24.5 Å². The molecule has 0 fully saturated rings. The van der Waals surface area contributed by atoms with Crippen LogP contribution in [0.1, 0.15) is 21.1 Å². The summed E-state index contributed by atoms with van der Waals surface area (Å²) in [5, 5.41) is 8.57. The van der Waals surface area contributed by atoms with Crippen molar-refractivity contribution in [3.8, 4) is 33.5 Å². The number of methoxy groups -OCH3 is 1. The van der Waals surface area contributed by atoms with Gasteiger partial charge in [-0.25, -0.2) is 9.97 Å². The molecular formula is C28H24FN5O4S2. The molecule has 0 aliphatic carbocycles. The number of nitrogens with zero attached hydrogens (tertiary/aromatic N) is 5. The molecule has 1 amide bonds. The Hall–Kier alpha value is -4.29. The number of halogens is 1. The van der Waals surface area contributed by atoms with Crippen LogP contribution in [0.3, 0.4) is 0 Å². The third kappa shape index (κ3) is 4.80. The minimum Gasteiger partial charge on any atom is -0.496 e. The Kier molecular flexibility index (Phi) is 6.95. The van der Waals surface area contributed by atoms with E-state index < -0.39 is 6.67 Å². The van der Waals surface area contributed by atoms with Gasteiger partial charge < -0.3 is 18.8 Å². The van der Waals surface area contributed by atoms with Crippen molar-refractivity contribution in [2.75, 3.05) is 27.9 Å². The minimum absolute atomic E-state index is 0.0788. The average Bonchev–Trinajstić information content (AvgIpc) is 3.75. The maximum absolute atomic E-state index is 12.8. The number of carbonyl (C=O) groups is 1. The predicted octanol–water partition coefficient (Wildman–Crippen LogP) is 6.13. The van der Waals surface area contributed by atoms with Crippen LogP contribution in [0.4, 0.5) is 4.39 Å². The van der Waals surface area contributed by atoms with Gasteiger partial charge in [0, 0.05) is 49.2 Å². The molecule has 0 aliphatic heterocycles. The largest absolute Gasteiger partial charge is 0.496 e. The van der Waals surface area contributed by atoms with Crippen molar-refractivity contribution in [2.45, 2.75) is 13.0 Å². The minimum atomic E-state index is -0.474. The summed E-state index contributed by atoms with van der Waals surface area (Å²) in [7, 11) is 5.04. The topological polar surface area (TPSA) is 95.0 Å². The van der Waals surface area contributed by atoms with Gasteiger partial charge in [0.1, 0.15) is 39.4 Å². The number of aromatic nitrogens is 4. The van der Waals surface area contributed by atoms with Gasteiger partial charge in [0.05, 0.1) is 31.1 Å². The number of benzene rings is 2. The highest BCUT2D eigenvalue weighted by Gasteiger charge is 2.20. The molecule has 204 valence electrons. The number of furan rings is 1. The standard InChI is InChI=1S/C28H24FN5O4S2/c1-33(2)27(35)19-7-5-4-6-18(19)26-31-16(15-39-26)14-37-22-10-17(36-3)11-23-20(22)12-24(38-23)21-13-30-28-34(21)32-25(40-28)8-9-29/h4-7,10-13,15H,8-9,14H2,1-3H3. The fourth-order valence-electron chi connectivity index (χ4n) is 4.27. The van der Waals surface area contributed by atoms with Crippen LogP contribution in [-0.2, 0) is 13.0 Å². The van der Waals surface area contributed by atoms with E-state index in [1.165, 1.54) is 22.7 Å². The van der Waals surface area contributed by atoms with Crippen molar-refractivity contribution in [3.05, 3.63) is 70.3 Å². The first-order valence-electron chi connectivity index (χ1n) is 12.3. The molecule has 12 heteroatoms. The van der Waals surface area contributed by atoms with Gasteiger partial charge in [-0.3, -0.25) is 9.18 Å². The summed E-state index contributed by atoms with van der Waals surface area (Å²) in [6.07, 6.45) is 1.93. The Balaban J connectivity index is 1.29. The summed E-state index contributed by atoms with van der Waals surface area (Å²) in [4.78, 5) is 24.0. The number of imidazole rings is 1. The summed E-state index contributed by atoms with van der Waals surface area (Å²) >= 11 is 2.81. The van der Waals surface area contributed by atoms with E-state index in [4.69, 9.17) is 18.9 Å². The van der Waals surface area contributed by atoms with Gasteiger partial charge >= 0.3 is 0 Å². The molecule has 9 nitrogen and oxygen atoms in total. The van der Waals surface area contributed by atoms with Gasteiger partial charge in [-0.05, 0) is 12.1 Å². The summed E-state index contributed by atoms with van der Waals surface area (Å²) in [5.74, 6) is 1.62. The summed E-state index contributed by atoms with van der Waals surface area (Å²) in [6.45, 7) is -0.267. The summed E-state index contributed by atoms with van der Waals surface area (Å²) in [6, 6.07) is 12.9. The van der Waals surface area contributed by atoms with Crippen molar-refractivity contribution in [2.24, 2.45) is 0 Å². The molecule has 4 heterocycles. The average molecular weight is 578 g/mol. The van der Waals surface area contributed by atoms with Crippen LogP contribution < -0.4 is 9.47 Å². The second kappa shape index (κ2) is 10.7. The maximum atomic E-state index is 12.8. The zero-order chi connectivity index (χ0) is 27.8. The number of thiazole rings is 1. The second-order valence-electron chi connectivity index (χ2n) is 9.10. The molecule has 40 heavy (non-hydrogen) atoms. The van der Waals surface area contributed by atoms with Crippen LogP contribution in [0.25, 0.3) is 38.0 Å². The van der Waals surface area contributed by atoms with E-state index in [0.717, 1.165) is 21.7 Å². The zero-order valence-corrected chi connectivity index (χ0v) is 23.5. The predicted molar refractivity (Wildman–Crippen MR) is 152 cm³/mol. The van der Waals surface area contributed by atoms with E-state index in [2.05, 4.69) is 10.1 Å². The monoisotopic (exact) mass is 577 g/mol. The van der Waals surface area contributed by atoms with E-state index in [1.54, 1.807) is 55.0 Å². The number of carbonyl (C=O) groups excluding carboxylic acids is 1. The highest BCUT2D eigenvalue weighted by molar-refractivity contribution is 7.16. The number of rotatable bonds is 9. The van der Waals surface area contributed by atoms with Gasteiger partial charge in [-0.15, -0.1) is 11.3 Å². The Morgan fingerprint density at radius 3 is 2.85 bits per heavy atom. The SMILES string of the molecule is COc1cc(OCc2csc(-c3ccccc3C(=O)N(C)C)n2)c2cc(-c3cnc4sc(CCF)nn34)oc2c1. The van der Waals surface area contributed by atoms with Crippen molar-refractivity contribution < 1.29 is 23.1 Å². The first-order chi connectivity index (χ1) is 19.4. The number of aryl methyl sites for hydroxylation is 1. The third-order valence-electron chi connectivity index (χ3n) is 6.22. The first-order valence-corrected chi connectivity index (χ1v) is 14.0. The lowest BCUT2D eigenvalue weighted by Gasteiger charge is -2.12. The lowest BCUT2D eigenvalue weighted by molar-refractivity contribution is 0.0828. The van der Waals surface area contributed by atoms with Gasteiger partial charge in [-0.2, -0.15) is 9.61 Å². The molecule has 0 N–H and O–H groups in total. The molecule has 0 atom stereocenters. The summed E-state index contributed by atoms with van der Waals surface area (Å²) in [5.41, 5.74) is 3.35. The Morgan fingerprint density at radius 1 is 1.20 bits per heavy atom. The molecule has 0 unspecified atom stereocenters. The first kappa shape index (κ1) is 26.0. The molecule has 0 saturated carbocycles. The van der Waals surface area contributed by atoms with E-state index in [9.17, 15) is 9.18 Å². The molecule has 0 saturated heterocycles. The molecule has 0 aliphatic rings. The normalized spacial score (nSPS) is 11.4. The highest BCUT2D eigenvalue weighted by atomic mass is 32.1. The van der Waals surface area contributed by atoms with E-state index in [0.29, 0.717) is 44.1 Å². The zero-order valence-electron chi connectivity index (χ0n) is 21.9. The Labute approximate surface area is 236 Å². The fraction of sp³-hybridized carbons (Fsp3) is 0.214. The van der Waals surface area contributed by atoms with Crippen molar-refractivity contribution in [1.29, 1.82) is 0 Å². The van der Waals surface area contributed by atoms with Gasteiger partial charge in [0.2, 0.25) is 4.96 Å². The highest BCUT2D eigenvalue weighted by Crippen LogP contribution is 2.38. The maximum Gasteiger partial charge on any atom is 0.254 e. The molecule has 0 spiro atoms. The third-order valence-corrected chi connectivity index (χ3v) is 8.12. The quantitative estimate of drug-likeness (QED) is 0.204. The molecule has 4 aromatic heterocycles. The second-order valence-corrected chi connectivity index (χ2v) is 11.0. The van der Waals surface area contributed by atoms with E-state index in [-0.39, 0.29) is 18.9 Å². The Bertz CT molecular complexity index is 1840.